The van der Waals surface area contributed by atoms with Crippen LogP contribution < -0.4 is 4.72 Å². The number of fused-ring (bicyclic) bond motifs is 1. The summed E-state index contributed by atoms with van der Waals surface area (Å²) < 4.78 is 28.4. The van der Waals surface area contributed by atoms with E-state index in [1.54, 1.807) is 12.1 Å². The number of nitrogens with zero attached hydrogens (tertiary/aromatic N) is 1. The highest BCUT2D eigenvalue weighted by atomic mass is 32.2. The van der Waals surface area contributed by atoms with E-state index < -0.39 is 10.0 Å². The van der Waals surface area contributed by atoms with Crippen LogP contribution in [-0.4, -0.2) is 37.9 Å². The lowest BCUT2D eigenvalue weighted by Crippen LogP contribution is -2.26. The highest BCUT2D eigenvalue weighted by Crippen LogP contribution is 2.28. The minimum atomic E-state index is -3.62. The minimum absolute atomic E-state index is 0.281. The summed E-state index contributed by atoms with van der Waals surface area (Å²) in [6, 6.07) is 13.4. The van der Waals surface area contributed by atoms with E-state index in [1.165, 1.54) is 18.4 Å². The molecule has 2 aromatic carbocycles. The standard InChI is InChI=1S/C23H29N3O2S/c1-16(2)17-6-9-21(10-7-17)29(27,28)25-19-8-11-23-22(14-19)18(15-24-23)13-20-5-4-12-26(20)3/h6-11,14-16,20,24-25H,4-5,12-13H2,1-3H3/t20-/m0/s1. The molecule has 0 spiro atoms. The Hall–Kier alpha value is -2.31. The van der Waals surface area contributed by atoms with Crippen LogP contribution in [0.25, 0.3) is 10.9 Å². The van der Waals surface area contributed by atoms with Crippen LogP contribution in [0.2, 0.25) is 0 Å². The third-order valence-electron chi connectivity index (χ3n) is 6.00. The van der Waals surface area contributed by atoms with Crippen molar-refractivity contribution in [2.24, 2.45) is 0 Å². The van der Waals surface area contributed by atoms with Crippen LogP contribution >= 0.6 is 0 Å². The van der Waals surface area contributed by atoms with Gasteiger partial charge in [0.15, 0.2) is 0 Å². The number of anilines is 1. The van der Waals surface area contributed by atoms with Crippen molar-refractivity contribution in [2.75, 3.05) is 18.3 Å². The largest absolute Gasteiger partial charge is 0.361 e. The summed E-state index contributed by atoms with van der Waals surface area (Å²) >= 11 is 0. The van der Waals surface area contributed by atoms with Gasteiger partial charge in [0, 0.05) is 28.8 Å². The van der Waals surface area contributed by atoms with E-state index in [9.17, 15) is 8.42 Å². The van der Waals surface area contributed by atoms with Crippen molar-refractivity contribution in [1.29, 1.82) is 0 Å². The van der Waals surface area contributed by atoms with Crippen LogP contribution in [0.4, 0.5) is 5.69 Å². The van der Waals surface area contributed by atoms with Gasteiger partial charge >= 0.3 is 0 Å². The maximum absolute atomic E-state index is 12.8. The van der Waals surface area contributed by atoms with Gasteiger partial charge in [-0.2, -0.15) is 0 Å². The number of aromatic amines is 1. The fourth-order valence-corrected chi connectivity index (χ4v) is 5.20. The molecule has 4 rings (SSSR count). The normalized spacial score (nSPS) is 18.0. The van der Waals surface area contributed by atoms with Crippen molar-refractivity contribution < 1.29 is 8.42 Å². The Balaban J connectivity index is 1.58. The summed E-state index contributed by atoms with van der Waals surface area (Å²) in [7, 11) is -1.44. The third-order valence-corrected chi connectivity index (χ3v) is 7.40. The van der Waals surface area contributed by atoms with Crippen LogP contribution in [0.5, 0.6) is 0 Å². The van der Waals surface area contributed by atoms with Crippen LogP contribution in [0.15, 0.2) is 53.6 Å². The molecule has 1 atom stereocenters. The van der Waals surface area contributed by atoms with Gasteiger partial charge in [-0.05, 0) is 80.2 Å². The maximum Gasteiger partial charge on any atom is 0.261 e. The number of nitrogens with one attached hydrogen (secondary N) is 2. The smallest absolute Gasteiger partial charge is 0.261 e. The first-order valence-corrected chi connectivity index (χ1v) is 11.7. The lowest BCUT2D eigenvalue weighted by molar-refractivity contribution is 0.310. The highest BCUT2D eigenvalue weighted by molar-refractivity contribution is 7.92. The number of hydrogen-bond acceptors (Lipinski definition) is 3. The molecule has 1 aliphatic heterocycles. The first-order chi connectivity index (χ1) is 13.8. The summed E-state index contributed by atoms with van der Waals surface area (Å²) in [5.74, 6) is 0.369. The Kier molecular flexibility index (Phi) is 5.40. The number of likely N-dealkylation sites (N-methyl/N-ethyl adjacent to an activating group) is 1. The Morgan fingerprint density at radius 1 is 1.17 bits per heavy atom. The number of H-pyrrole nitrogens is 1. The van der Waals surface area contributed by atoms with Crippen LogP contribution in [-0.2, 0) is 16.4 Å². The topological polar surface area (TPSA) is 65.2 Å². The molecule has 1 aliphatic rings. The zero-order chi connectivity index (χ0) is 20.6. The second kappa shape index (κ2) is 7.84. The average Bonchev–Trinajstić information content (AvgIpc) is 3.28. The van der Waals surface area contributed by atoms with E-state index >= 15 is 0 Å². The third kappa shape index (κ3) is 4.19. The van der Waals surface area contributed by atoms with E-state index in [2.05, 4.69) is 41.7 Å². The highest BCUT2D eigenvalue weighted by Gasteiger charge is 2.22. The Bertz CT molecular complexity index is 1100. The van der Waals surface area contributed by atoms with Crippen molar-refractivity contribution in [2.45, 2.75) is 50.0 Å². The van der Waals surface area contributed by atoms with Crippen LogP contribution in [0, 0.1) is 0 Å². The molecule has 0 bridgehead atoms. The second-order valence-corrected chi connectivity index (χ2v) is 10.1. The lowest BCUT2D eigenvalue weighted by Gasteiger charge is -2.18. The molecule has 6 heteroatoms. The SMILES string of the molecule is CC(C)c1ccc(S(=O)(=O)Nc2ccc3[nH]cc(C[C@@H]4CCCN4C)c3c2)cc1. The van der Waals surface area contributed by atoms with Gasteiger partial charge < -0.3 is 9.88 Å². The number of sulfonamides is 1. The molecule has 2 heterocycles. The predicted octanol–water partition coefficient (Wildman–Crippen LogP) is 4.73. The van der Waals surface area contributed by atoms with Gasteiger partial charge in [-0.3, -0.25) is 4.72 Å². The number of likely N-dealkylation sites (tertiary alicyclic amines) is 1. The van der Waals surface area contributed by atoms with Gasteiger partial charge in [-0.15, -0.1) is 0 Å². The molecule has 0 aliphatic carbocycles. The molecule has 154 valence electrons. The van der Waals surface area contributed by atoms with Crippen molar-refractivity contribution in [3.63, 3.8) is 0 Å². The molecule has 0 unspecified atom stereocenters. The van der Waals surface area contributed by atoms with Gasteiger partial charge in [-0.1, -0.05) is 26.0 Å². The average molecular weight is 412 g/mol. The maximum atomic E-state index is 12.8. The molecule has 0 amide bonds. The molecule has 3 aromatic rings. The van der Waals surface area contributed by atoms with Crippen LogP contribution in [0.3, 0.4) is 0 Å². The molecule has 0 radical (unpaired) electrons. The molecular weight excluding hydrogens is 382 g/mol. The number of rotatable bonds is 6. The lowest BCUT2D eigenvalue weighted by atomic mass is 10.0. The van der Waals surface area contributed by atoms with Crippen LogP contribution in [0.1, 0.15) is 43.7 Å². The Morgan fingerprint density at radius 2 is 1.93 bits per heavy atom. The minimum Gasteiger partial charge on any atom is -0.361 e. The van der Waals surface area contributed by atoms with E-state index in [0.717, 1.165) is 29.4 Å². The fourth-order valence-electron chi connectivity index (χ4n) is 4.15. The quantitative estimate of drug-likeness (QED) is 0.616. The summed E-state index contributed by atoms with van der Waals surface area (Å²) in [5.41, 5.74) is 3.98. The van der Waals surface area contributed by atoms with E-state index in [0.29, 0.717) is 17.6 Å². The monoisotopic (exact) mass is 411 g/mol. The van der Waals surface area contributed by atoms with Gasteiger partial charge in [0.25, 0.3) is 10.0 Å². The Morgan fingerprint density at radius 3 is 2.59 bits per heavy atom. The first kappa shape index (κ1) is 20.0. The summed E-state index contributed by atoms with van der Waals surface area (Å²) in [6.07, 6.45) is 5.48. The number of hydrogen-bond donors (Lipinski definition) is 2. The first-order valence-electron chi connectivity index (χ1n) is 10.3. The number of benzene rings is 2. The van der Waals surface area contributed by atoms with Crippen molar-refractivity contribution >= 4 is 26.6 Å². The predicted molar refractivity (Wildman–Crippen MR) is 119 cm³/mol. The fraction of sp³-hybridized carbons (Fsp3) is 0.391. The second-order valence-electron chi connectivity index (χ2n) is 8.38. The molecule has 2 N–H and O–H groups in total. The molecule has 1 saturated heterocycles. The number of aromatic nitrogens is 1. The molecule has 29 heavy (non-hydrogen) atoms. The molecular formula is C23H29N3O2S. The van der Waals surface area contributed by atoms with Crippen molar-refractivity contribution in [3.05, 3.63) is 59.8 Å². The summed E-state index contributed by atoms with van der Waals surface area (Å²) in [6.45, 7) is 5.33. The zero-order valence-corrected chi connectivity index (χ0v) is 18.1. The van der Waals surface area contributed by atoms with Crippen molar-refractivity contribution in [1.82, 2.24) is 9.88 Å². The Labute approximate surface area is 173 Å². The van der Waals surface area contributed by atoms with E-state index in [-0.39, 0.29) is 4.90 Å². The zero-order valence-electron chi connectivity index (χ0n) is 17.3. The summed E-state index contributed by atoms with van der Waals surface area (Å²) in [4.78, 5) is 6.01. The molecule has 1 fully saturated rings. The van der Waals surface area contributed by atoms with E-state index in [4.69, 9.17) is 0 Å². The van der Waals surface area contributed by atoms with Gasteiger partial charge in [0.1, 0.15) is 0 Å². The molecule has 5 nitrogen and oxygen atoms in total. The van der Waals surface area contributed by atoms with Gasteiger partial charge in [0.2, 0.25) is 0 Å². The molecule has 0 saturated carbocycles. The molecule has 1 aromatic heterocycles. The van der Waals surface area contributed by atoms with Gasteiger partial charge in [0.05, 0.1) is 4.90 Å². The van der Waals surface area contributed by atoms with Gasteiger partial charge in [-0.25, -0.2) is 8.42 Å². The van der Waals surface area contributed by atoms with Crippen molar-refractivity contribution in [3.8, 4) is 0 Å². The van der Waals surface area contributed by atoms with E-state index in [1.807, 2.05) is 30.3 Å². The summed E-state index contributed by atoms with van der Waals surface area (Å²) in [5, 5.41) is 1.08.